The van der Waals surface area contributed by atoms with Crippen molar-refractivity contribution in [3.8, 4) is 0 Å². The molecule has 1 atom stereocenters. The first kappa shape index (κ1) is 19.2. The van der Waals surface area contributed by atoms with Gasteiger partial charge in [0.15, 0.2) is 9.84 Å². The molecule has 128 valence electrons. The molecule has 0 heterocycles. The molecule has 7 heteroatoms. The molecule has 1 aromatic carbocycles. The summed E-state index contributed by atoms with van der Waals surface area (Å²) in [5.41, 5.74) is 0.333. The minimum Gasteiger partial charge on any atom is -0.481 e. The van der Waals surface area contributed by atoms with Gasteiger partial charge >= 0.3 is 5.97 Å². The minimum absolute atomic E-state index is 0.0880. The van der Waals surface area contributed by atoms with Crippen molar-refractivity contribution < 1.29 is 23.1 Å². The van der Waals surface area contributed by atoms with Crippen molar-refractivity contribution in [1.82, 2.24) is 4.90 Å². The number of aliphatic carboxylic acids is 1. The molecule has 0 aliphatic carbocycles. The van der Waals surface area contributed by atoms with Crippen LogP contribution in [0.15, 0.2) is 29.2 Å². The second-order valence-corrected chi connectivity index (χ2v) is 7.73. The van der Waals surface area contributed by atoms with E-state index in [4.69, 9.17) is 5.11 Å². The lowest BCUT2D eigenvalue weighted by Gasteiger charge is -2.19. The number of hydrogen-bond acceptors (Lipinski definition) is 4. The number of amides is 1. The molecule has 0 spiro atoms. The predicted octanol–water partition coefficient (Wildman–Crippen LogP) is 2.05. The lowest BCUT2D eigenvalue weighted by atomic mass is 10.1. The Morgan fingerprint density at radius 3 is 2.26 bits per heavy atom. The predicted molar refractivity (Wildman–Crippen MR) is 87.2 cm³/mol. The first-order chi connectivity index (χ1) is 10.7. The maximum Gasteiger partial charge on any atom is 0.308 e. The van der Waals surface area contributed by atoms with Crippen molar-refractivity contribution in [3.63, 3.8) is 0 Å². The third-order valence-corrected chi connectivity index (χ3v) is 5.36. The highest BCUT2D eigenvalue weighted by atomic mass is 32.2. The Morgan fingerprint density at radius 2 is 1.78 bits per heavy atom. The van der Waals surface area contributed by atoms with Crippen LogP contribution < -0.4 is 0 Å². The summed E-state index contributed by atoms with van der Waals surface area (Å²) in [6.07, 6.45) is 1.39. The number of carboxylic acids is 1. The van der Waals surface area contributed by atoms with Gasteiger partial charge in [-0.25, -0.2) is 8.42 Å². The smallest absolute Gasteiger partial charge is 0.308 e. The lowest BCUT2D eigenvalue weighted by molar-refractivity contribution is -0.141. The summed E-state index contributed by atoms with van der Waals surface area (Å²) in [6, 6.07) is 5.77. The highest BCUT2D eigenvalue weighted by Gasteiger charge is 2.19. The van der Waals surface area contributed by atoms with Crippen LogP contribution in [-0.2, 0) is 14.6 Å². The summed E-state index contributed by atoms with van der Waals surface area (Å²) in [5.74, 6) is -1.89. The van der Waals surface area contributed by atoms with Crippen molar-refractivity contribution in [1.29, 1.82) is 0 Å². The van der Waals surface area contributed by atoms with Crippen LogP contribution in [-0.4, -0.2) is 49.6 Å². The van der Waals surface area contributed by atoms with Crippen LogP contribution in [0.4, 0.5) is 0 Å². The maximum absolute atomic E-state index is 12.2. The van der Waals surface area contributed by atoms with Crippen LogP contribution in [0.3, 0.4) is 0 Å². The number of rotatable bonds is 8. The Hall–Kier alpha value is -1.89. The first-order valence-corrected chi connectivity index (χ1v) is 9.15. The molecule has 0 saturated carbocycles. The standard InChI is InChI=1S/C16H23NO5S/c1-4-5-10-23(21,22)14-8-6-13(7-9-14)15(18)17(3)11-12(2)16(19)20/h6-9,12H,4-5,10-11H2,1-3H3,(H,19,20). The van der Waals surface area contributed by atoms with Gasteiger partial charge in [0.25, 0.3) is 5.91 Å². The van der Waals surface area contributed by atoms with Crippen LogP contribution in [0, 0.1) is 5.92 Å². The van der Waals surface area contributed by atoms with Gasteiger partial charge in [-0.2, -0.15) is 0 Å². The summed E-state index contributed by atoms with van der Waals surface area (Å²) < 4.78 is 24.1. The molecule has 1 aromatic rings. The molecule has 1 N–H and O–H groups in total. The molecule has 1 amide bonds. The monoisotopic (exact) mass is 341 g/mol. The maximum atomic E-state index is 12.2. The summed E-state index contributed by atoms with van der Waals surface area (Å²) in [6.45, 7) is 3.53. The Bertz CT molecular complexity index is 652. The molecule has 0 aromatic heterocycles. The third kappa shape index (κ3) is 5.35. The number of hydrogen-bond donors (Lipinski definition) is 1. The second kappa shape index (κ2) is 8.10. The number of carbonyl (C=O) groups is 2. The van der Waals surface area contributed by atoms with Crippen molar-refractivity contribution in [3.05, 3.63) is 29.8 Å². The van der Waals surface area contributed by atoms with Gasteiger partial charge in [-0.1, -0.05) is 20.3 Å². The zero-order valence-corrected chi connectivity index (χ0v) is 14.5. The SMILES string of the molecule is CCCCS(=O)(=O)c1ccc(C(=O)N(C)CC(C)C(=O)O)cc1. The molecule has 23 heavy (non-hydrogen) atoms. The van der Waals surface area contributed by atoms with Crippen LogP contribution in [0.2, 0.25) is 0 Å². The van der Waals surface area contributed by atoms with E-state index in [0.29, 0.717) is 12.0 Å². The number of unbranched alkanes of at least 4 members (excludes halogenated alkanes) is 1. The highest BCUT2D eigenvalue weighted by molar-refractivity contribution is 7.91. The highest BCUT2D eigenvalue weighted by Crippen LogP contribution is 2.15. The minimum atomic E-state index is -3.32. The largest absolute Gasteiger partial charge is 0.481 e. The fraction of sp³-hybridized carbons (Fsp3) is 0.500. The first-order valence-electron chi connectivity index (χ1n) is 7.50. The normalized spacial score (nSPS) is 12.7. The van der Waals surface area contributed by atoms with Crippen LogP contribution >= 0.6 is 0 Å². The van der Waals surface area contributed by atoms with E-state index in [1.165, 1.54) is 43.1 Å². The Morgan fingerprint density at radius 1 is 1.22 bits per heavy atom. The van der Waals surface area contributed by atoms with Crippen LogP contribution in [0.1, 0.15) is 37.0 Å². The van der Waals surface area contributed by atoms with Gasteiger partial charge in [0.05, 0.1) is 16.6 Å². The van der Waals surface area contributed by atoms with E-state index in [1.807, 2.05) is 6.92 Å². The van der Waals surface area contributed by atoms with Crippen molar-refractivity contribution >= 4 is 21.7 Å². The molecular formula is C16H23NO5S. The van der Waals surface area contributed by atoms with E-state index in [0.717, 1.165) is 6.42 Å². The van der Waals surface area contributed by atoms with E-state index in [9.17, 15) is 18.0 Å². The molecule has 1 unspecified atom stereocenters. The molecular weight excluding hydrogens is 318 g/mol. The Kier molecular flexibility index (Phi) is 6.75. The summed E-state index contributed by atoms with van der Waals surface area (Å²) in [5, 5.41) is 8.88. The topological polar surface area (TPSA) is 91.8 Å². The number of nitrogens with zero attached hydrogens (tertiary/aromatic N) is 1. The molecule has 0 fully saturated rings. The lowest BCUT2D eigenvalue weighted by Crippen LogP contribution is -2.33. The second-order valence-electron chi connectivity index (χ2n) is 5.62. The van der Waals surface area contributed by atoms with Gasteiger partial charge in [-0.15, -0.1) is 0 Å². The van der Waals surface area contributed by atoms with Gasteiger partial charge in [0.1, 0.15) is 0 Å². The van der Waals surface area contributed by atoms with Gasteiger partial charge < -0.3 is 10.0 Å². The average Bonchev–Trinajstić information content (AvgIpc) is 2.52. The van der Waals surface area contributed by atoms with Crippen molar-refractivity contribution in [2.75, 3.05) is 19.3 Å². The molecule has 0 aliphatic rings. The fourth-order valence-corrected chi connectivity index (χ4v) is 3.50. The van der Waals surface area contributed by atoms with Gasteiger partial charge in [0, 0.05) is 19.2 Å². The van der Waals surface area contributed by atoms with E-state index in [-0.39, 0.29) is 23.1 Å². The fourth-order valence-electron chi connectivity index (χ4n) is 2.05. The van der Waals surface area contributed by atoms with Gasteiger partial charge in [0.2, 0.25) is 0 Å². The summed E-state index contributed by atoms with van der Waals surface area (Å²) in [7, 11) is -1.80. The zero-order valence-electron chi connectivity index (χ0n) is 13.7. The number of sulfone groups is 1. The Balaban J connectivity index is 2.83. The van der Waals surface area contributed by atoms with Crippen LogP contribution in [0.5, 0.6) is 0 Å². The van der Waals surface area contributed by atoms with Gasteiger partial charge in [-0.05, 0) is 30.7 Å². The summed E-state index contributed by atoms with van der Waals surface area (Å²) in [4.78, 5) is 24.6. The quantitative estimate of drug-likeness (QED) is 0.781. The van der Waals surface area contributed by atoms with E-state index >= 15 is 0 Å². The molecule has 0 bridgehead atoms. The molecule has 0 radical (unpaired) electrons. The van der Waals surface area contributed by atoms with Gasteiger partial charge in [-0.3, -0.25) is 9.59 Å². The Labute approximate surface area is 137 Å². The summed E-state index contributed by atoms with van der Waals surface area (Å²) >= 11 is 0. The molecule has 6 nitrogen and oxygen atoms in total. The van der Waals surface area contributed by atoms with Crippen molar-refractivity contribution in [2.24, 2.45) is 5.92 Å². The van der Waals surface area contributed by atoms with E-state index < -0.39 is 21.7 Å². The van der Waals surface area contributed by atoms with Crippen molar-refractivity contribution in [2.45, 2.75) is 31.6 Å². The third-order valence-electron chi connectivity index (χ3n) is 3.54. The number of benzene rings is 1. The number of carboxylic acid groups (broad SMARTS) is 1. The molecule has 1 rings (SSSR count). The van der Waals surface area contributed by atoms with E-state index in [1.54, 1.807) is 0 Å². The van der Waals surface area contributed by atoms with Crippen LogP contribution in [0.25, 0.3) is 0 Å². The molecule has 0 aliphatic heterocycles. The zero-order chi connectivity index (χ0) is 17.6. The number of carbonyl (C=O) groups excluding carboxylic acids is 1. The molecule has 0 saturated heterocycles. The van der Waals surface area contributed by atoms with E-state index in [2.05, 4.69) is 0 Å². The average molecular weight is 341 g/mol.